The molecule has 0 bridgehead atoms. The van der Waals surface area contributed by atoms with E-state index in [-0.39, 0.29) is 11.8 Å². The summed E-state index contributed by atoms with van der Waals surface area (Å²) in [6.07, 6.45) is 2.70. The molecule has 0 saturated carbocycles. The van der Waals surface area contributed by atoms with E-state index in [1.54, 1.807) is 6.92 Å². The molecule has 8 N–H and O–H groups in total. The Bertz CT molecular complexity index is 599. The van der Waals surface area contributed by atoms with Gasteiger partial charge in [-0.1, -0.05) is 34.1 Å². The van der Waals surface area contributed by atoms with Gasteiger partial charge in [0.15, 0.2) is 0 Å². The first-order valence-electron chi connectivity index (χ1n) is 11.0. The van der Waals surface area contributed by atoms with Crippen LogP contribution in [-0.2, 0) is 19.2 Å². The van der Waals surface area contributed by atoms with E-state index in [1.165, 1.54) is 6.92 Å². The maximum Gasteiger partial charge on any atom is 0.326 e. The molecule has 0 radical (unpaired) electrons. The van der Waals surface area contributed by atoms with Crippen LogP contribution in [0.1, 0.15) is 66.7 Å². The molecule has 10 heteroatoms. The average Bonchev–Trinajstić information content (AvgIpc) is 2.69. The molecule has 5 unspecified atom stereocenters. The number of aliphatic carboxylic acids is 1. The van der Waals surface area contributed by atoms with E-state index in [4.69, 9.17) is 11.5 Å². The highest BCUT2D eigenvalue weighted by molar-refractivity contribution is 5.93. The zero-order valence-corrected chi connectivity index (χ0v) is 19.4. The summed E-state index contributed by atoms with van der Waals surface area (Å²) in [4.78, 5) is 49.0. The quantitative estimate of drug-likeness (QED) is 0.194. The molecule has 180 valence electrons. The van der Waals surface area contributed by atoms with Crippen LogP contribution >= 0.6 is 0 Å². The van der Waals surface area contributed by atoms with Crippen molar-refractivity contribution in [1.82, 2.24) is 16.0 Å². The lowest BCUT2D eigenvalue weighted by Gasteiger charge is -2.25. The van der Waals surface area contributed by atoms with Crippen LogP contribution in [0.2, 0.25) is 0 Å². The van der Waals surface area contributed by atoms with Gasteiger partial charge in [-0.25, -0.2) is 4.79 Å². The molecule has 0 aliphatic rings. The first-order valence-corrected chi connectivity index (χ1v) is 11.0. The standard InChI is InChI=1S/C21H41N5O5/c1-6-13(4)17(21(30)31)26-18(27)14(5)24-20(29)16(9-7-8-10-22)25-19(28)15(23)11-12(2)3/h12-17H,6-11,22-23H2,1-5H3,(H,24,29)(H,25,28)(H,26,27)(H,30,31). The second kappa shape index (κ2) is 14.7. The molecule has 0 saturated heterocycles. The minimum absolute atomic E-state index is 0.224. The van der Waals surface area contributed by atoms with Crippen LogP contribution in [0.4, 0.5) is 0 Å². The summed E-state index contributed by atoms with van der Waals surface area (Å²) in [6.45, 7) is 9.37. The third-order valence-corrected chi connectivity index (χ3v) is 5.17. The number of nitrogens with two attached hydrogens (primary N) is 2. The lowest BCUT2D eigenvalue weighted by molar-refractivity contribution is -0.143. The van der Waals surface area contributed by atoms with Crippen molar-refractivity contribution in [3.8, 4) is 0 Å². The second-order valence-corrected chi connectivity index (χ2v) is 8.52. The molecule has 0 heterocycles. The number of carboxylic acid groups (broad SMARTS) is 1. The molecule has 0 spiro atoms. The van der Waals surface area contributed by atoms with Crippen LogP contribution in [-0.4, -0.2) is 59.5 Å². The summed E-state index contributed by atoms with van der Waals surface area (Å²) < 4.78 is 0. The largest absolute Gasteiger partial charge is 0.480 e. The Morgan fingerprint density at radius 1 is 0.903 bits per heavy atom. The maximum atomic E-state index is 12.7. The minimum Gasteiger partial charge on any atom is -0.480 e. The van der Waals surface area contributed by atoms with Crippen molar-refractivity contribution < 1.29 is 24.3 Å². The van der Waals surface area contributed by atoms with Crippen LogP contribution in [0.15, 0.2) is 0 Å². The van der Waals surface area contributed by atoms with Gasteiger partial charge in [0.1, 0.15) is 18.1 Å². The van der Waals surface area contributed by atoms with E-state index in [0.29, 0.717) is 38.6 Å². The Balaban J connectivity index is 5.10. The molecule has 0 aromatic rings. The number of unbranched alkanes of at least 4 members (excludes halogenated alkanes) is 1. The summed E-state index contributed by atoms with van der Waals surface area (Å²) in [5.41, 5.74) is 11.4. The predicted molar refractivity (Wildman–Crippen MR) is 119 cm³/mol. The van der Waals surface area contributed by atoms with Crippen molar-refractivity contribution >= 4 is 23.7 Å². The van der Waals surface area contributed by atoms with Crippen LogP contribution in [0.25, 0.3) is 0 Å². The van der Waals surface area contributed by atoms with Gasteiger partial charge in [-0.2, -0.15) is 0 Å². The second-order valence-electron chi connectivity index (χ2n) is 8.52. The first kappa shape index (κ1) is 28.8. The molecule has 0 fully saturated rings. The number of carbonyl (C=O) groups excluding carboxylic acids is 3. The van der Waals surface area contributed by atoms with Gasteiger partial charge in [-0.3, -0.25) is 14.4 Å². The number of carbonyl (C=O) groups is 4. The lowest BCUT2D eigenvalue weighted by atomic mass is 9.99. The van der Waals surface area contributed by atoms with E-state index in [1.807, 2.05) is 20.8 Å². The van der Waals surface area contributed by atoms with Crippen molar-refractivity contribution in [2.24, 2.45) is 23.3 Å². The summed E-state index contributed by atoms with van der Waals surface area (Å²) in [5, 5.41) is 17.0. The average molecular weight is 444 g/mol. The fraction of sp³-hybridized carbons (Fsp3) is 0.810. The van der Waals surface area contributed by atoms with Crippen molar-refractivity contribution in [3.05, 3.63) is 0 Å². The third-order valence-electron chi connectivity index (χ3n) is 5.17. The SMILES string of the molecule is CCC(C)C(NC(=O)C(C)NC(=O)C(CCCCN)NC(=O)C(N)CC(C)C)C(=O)O. The van der Waals surface area contributed by atoms with Gasteiger partial charge < -0.3 is 32.5 Å². The van der Waals surface area contributed by atoms with Crippen molar-refractivity contribution in [1.29, 1.82) is 0 Å². The Hall–Kier alpha value is -2.20. The monoisotopic (exact) mass is 443 g/mol. The van der Waals surface area contributed by atoms with Gasteiger partial charge >= 0.3 is 5.97 Å². The smallest absolute Gasteiger partial charge is 0.326 e. The van der Waals surface area contributed by atoms with Gasteiger partial charge in [0.05, 0.1) is 6.04 Å². The Kier molecular flexibility index (Phi) is 13.7. The molecule has 31 heavy (non-hydrogen) atoms. The molecule has 0 aromatic heterocycles. The fourth-order valence-electron chi connectivity index (χ4n) is 3.00. The summed E-state index contributed by atoms with van der Waals surface area (Å²) in [5.74, 6) is -2.74. The predicted octanol–water partition coefficient (Wildman–Crippen LogP) is 0.0938. The summed E-state index contributed by atoms with van der Waals surface area (Å²) in [6, 6.07) is -3.63. The number of carboxylic acids is 1. The van der Waals surface area contributed by atoms with Gasteiger partial charge in [-0.05, 0) is 51.0 Å². The van der Waals surface area contributed by atoms with Crippen LogP contribution in [0.5, 0.6) is 0 Å². The van der Waals surface area contributed by atoms with E-state index < -0.39 is 47.9 Å². The van der Waals surface area contributed by atoms with E-state index in [2.05, 4.69) is 16.0 Å². The van der Waals surface area contributed by atoms with Gasteiger partial charge in [0.25, 0.3) is 0 Å². The molecule has 0 aliphatic heterocycles. The Morgan fingerprint density at radius 2 is 1.52 bits per heavy atom. The molecule has 3 amide bonds. The van der Waals surface area contributed by atoms with Gasteiger partial charge in [-0.15, -0.1) is 0 Å². The Labute approximate surface area is 185 Å². The van der Waals surface area contributed by atoms with Crippen molar-refractivity contribution in [3.63, 3.8) is 0 Å². The zero-order valence-electron chi connectivity index (χ0n) is 19.4. The summed E-state index contributed by atoms with van der Waals surface area (Å²) >= 11 is 0. The van der Waals surface area contributed by atoms with Crippen molar-refractivity contribution in [2.45, 2.75) is 90.9 Å². The molecule has 0 aliphatic carbocycles. The normalized spacial score (nSPS) is 16.0. The van der Waals surface area contributed by atoms with Crippen LogP contribution in [0, 0.1) is 11.8 Å². The first-order chi connectivity index (χ1) is 14.4. The number of rotatable bonds is 15. The number of hydrogen-bond donors (Lipinski definition) is 6. The van der Waals surface area contributed by atoms with Crippen LogP contribution < -0.4 is 27.4 Å². The number of hydrogen-bond acceptors (Lipinski definition) is 6. The number of amides is 3. The highest BCUT2D eigenvalue weighted by Crippen LogP contribution is 2.09. The molecule has 0 aromatic carbocycles. The van der Waals surface area contributed by atoms with Gasteiger partial charge in [0, 0.05) is 0 Å². The highest BCUT2D eigenvalue weighted by atomic mass is 16.4. The summed E-state index contributed by atoms with van der Waals surface area (Å²) in [7, 11) is 0. The van der Waals surface area contributed by atoms with E-state index in [9.17, 15) is 24.3 Å². The molecule has 5 atom stereocenters. The topological polar surface area (TPSA) is 177 Å². The van der Waals surface area contributed by atoms with Gasteiger partial charge in [0.2, 0.25) is 17.7 Å². The molecular weight excluding hydrogens is 402 g/mol. The van der Waals surface area contributed by atoms with Crippen LogP contribution in [0.3, 0.4) is 0 Å². The fourth-order valence-corrected chi connectivity index (χ4v) is 3.00. The number of nitrogens with one attached hydrogen (secondary N) is 3. The van der Waals surface area contributed by atoms with Crippen molar-refractivity contribution in [2.75, 3.05) is 6.54 Å². The zero-order chi connectivity index (χ0) is 24.1. The van der Waals surface area contributed by atoms with E-state index in [0.717, 1.165) is 0 Å². The Morgan fingerprint density at radius 3 is 2.00 bits per heavy atom. The molecule has 10 nitrogen and oxygen atoms in total. The van der Waals surface area contributed by atoms with E-state index >= 15 is 0 Å². The highest BCUT2D eigenvalue weighted by Gasteiger charge is 2.30. The molecule has 0 rings (SSSR count). The molecular formula is C21H41N5O5. The maximum absolute atomic E-state index is 12.7. The lowest BCUT2D eigenvalue weighted by Crippen LogP contribution is -2.57. The minimum atomic E-state index is -1.13. The third kappa shape index (κ3) is 11.1.